The van der Waals surface area contributed by atoms with Gasteiger partial charge in [0.2, 0.25) is 10.0 Å². The van der Waals surface area contributed by atoms with Crippen molar-refractivity contribution < 1.29 is 17.2 Å². The highest BCUT2D eigenvalue weighted by Gasteiger charge is 2.42. The first-order valence-electron chi connectivity index (χ1n) is 10.2. The van der Waals surface area contributed by atoms with Crippen LogP contribution in [0.2, 0.25) is 0 Å². The van der Waals surface area contributed by atoms with Crippen LogP contribution >= 0.6 is 0 Å². The Bertz CT molecular complexity index is 947. The smallest absolute Gasteiger partial charge is 0.217 e. The van der Waals surface area contributed by atoms with Gasteiger partial charge in [0.25, 0.3) is 0 Å². The Kier molecular flexibility index (Phi) is 5.88. The number of anilines is 1. The van der Waals surface area contributed by atoms with Gasteiger partial charge in [-0.15, -0.1) is 0 Å². The number of nitrogens with zero attached hydrogens (tertiary/aromatic N) is 1. The van der Waals surface area contributed by atoms with Crippen LogP contribution in [0.1, 0.15) is 43.6 Å². The van der Waals surface area contributed by atoms with Crippen molar-refractivity contribution in [2.45, 2.75) is 49.3 Å². The molecule has 4 nitrogen and oxygen atoms in total. The lowest BCUT2D eigenvalue weighted by Gasteiger charge is -2.27. The first-order valence-corrected chi connectivity index (χ1v) is 11.7. The average Bonchev–Trinajstić information content (AvgIpc) is 3.17. The number of benzene rings is 2. The molecule has 0 spiro atoms. The third kappa shape index (κ3) is 4.31. The van der Waals surface area contributed by atoms with Gasteiger partial charge in [-0.05, 0) is 30.5 Å². The third-order valence-electron chi connectivity index (χ3n) is 6.12. The molecule has 2 atom stereocenters. The first kappa shape index (κ1) is 20.3. The average molecular weight is 421 g/mol. The zero-order valence-electron chi connectivity index (χ0n) is 16.2. The van der Waals surface area contributed by atoms with E-state index in [0.717, 1.165) is 49.8 Å². The topological polar surface area (TPSA) is 49.4 Å². The van der Waals surface area contributed by atoms with Gasteiger partial charge < -0.3 is 5.32 Å². The van der Waals surface area contributed by atoms with Gasteiger partial charge in [-0.3, -0.25) is 0 Å². The zero-order chi connectivity index (χ0) is 20.4. The molecule has 1 aliphatic carbocycles. The highest BCUT2D eigenvalue weighted by atomic mass is 32.2. The molecule has 1 aliphatic heterocycles. The van der Waals surface area contributed by atoms with Crippen molar-refractivity contribution in [3.05, 3.63) is 65.7 Å². The summed E-state index contributed by atoms with van der Waals surface area (Å²) >= 11 is 0. The van der Waals surface area contributed by atoms with Crippen LogP contribution in [0.15, 0.2) is 48.5 Å². The van der Waals surface area contributed by atoms with Crippen molar-refractivity contribution in [1.82, 2.24) is 4.31 Å². The van der Waals surface area contributed by atoms with Crippen LogP contribution in [-0.2, 0) is 10.0 Å². The van der Waals surface area contributed by atoms with Crippen molar-refractivity contribution >= 4 is 15.7 Å². The largest absolute Gasteiger partial charge is 0.380 e. The zero-order valence-corrected chi connectivity index (χ0v) is 17.0. The summed E-state index contributed by atoms with van der Waals surface area (Å²) in [5, 5.41) is 2.94. The monoisotopic (exact) mass is 420 g/mol. The van der Waals surface area contributed by atoms with E-state index < -0.39 is 21.7 Å². The van der Waals surface area contributed by atoms with Gasteiger partial charge in [-0.1, -0.05) is 49.6 Å². The summed E-state index contributed by atoms with van der Waals surface area (Å²) in [7, 11) is -3.38. The van der Waals surface area contributed by atoms with Gasteiger partial charge in [0, 0.05) is 36.8 Å². The number of hydrogen-bond acceptors (Lipinski definition) is 3. The summed E-state index contributed by atoms with van der Waals surface area (Å²) in [5.41, 5.74) is 1.49. The van der Waals surface area contributed by atoms with Crippen LogP contribution in [0.25, 0.3) is 0 Å². The lowest BCUT2D eigenvalue weighted by Crippen LogP contribution is -2.39. The lowest BCUT2D eigenvalue weighted by atomic mass is 9.94. The minimum absolute atomic E-state index is 0.0670. The Morgan fingerprint density at radius 2 is 1.62 bits per heavy atom. The molecule has 0 aromatic heterocycles. The number of sulfonamides is 1. The number of rotatable bonds is 5. The molecule has 1 saturated carbocycles. The fourth-order valence-corrected chi connectivity index (χ4v) is 6.62. The van der Waals surface area contributed by atoms with E-state index in [1.807, 2.05) is 30.3 Å². The summed E-state index contributed by atoms with van der Waals surface area (Å²) in [4.78, 5) is 0. The highest BCUT2D eigenvalue weighted by Crippen LogP contribution is 2.35. The molecule has 1 N–H and O–H groups in total. The maximum absolute atomic E-state index is 13.7. The molecule has 2 aromatic carbocycles. The summed E-state index contributed by atoms with van der Waals surface area (Å²) < 4.78 is 55.0. The molecular formula is C22H26F2N2O2S. The van der Waals surface area contributed by atoms with Gasteiger partial charge in [-0.25, -0.2) is 17.2 Å². The van der Waals surface area contributed by atoms with Gasteiger partial charge >= 0.3 is 0 Å². The number of halogens is 2. The molecule has 0 radical (unpaired) electrons. The van der Waals surface area contributed by atoms with E-state index in [-0.39, 0.29) is 17.2 Å². The van der Waals surface area contributed by atoms with Crippen molar-refractivity contribution in [1.29, 1.82) is 0 Å². The molecular weight excluding hydrogens is 394 g/mol. The highest BCUT2D eigenvalue weighted by molar-refractivity contribution is 7.89. The van der Waals surface area contributed by atoms with E-state index >= 15 is 0 Å². The molecule has 2 fully saturated rings. The second kappa shape index (κ2) is 8.40. The molecule has 1 heterocycles. The third-order valence-corrected chi connectivity index (χ3v) is 8.45. The Morgan fingerprint density at radius 3 is 2.31 bits per heavy atom. The van der Waals surface area contributed by atoms with E-state index in [9.17, 15) is 17.2 Å². The number of nitrogens with one attached hydrogen (secondary N) is 1. The van der Waals surface area contributed by atoms with Crippen LogP contribution < -0.4 is 5.32 Å². The van der Waals surface area contributed by atoms with Gasteiger partial charge in [0.1, 0.15) is 0 Å². The maximum Gasteiger partial charge on any atom is 0.217 e. The predicted molar refractivity (Wildman–Crippen MR) is 110 cm³/mol. The van der Waals surface area contributed by atoms with Crippen LogP contribution in [0.3, 0.4) is 0 Å². The normalized spacial score (nSPS) is 23.9. The molecule has 29 heavy (non-hydrogen) atoms. The van der Waals surface area contributed by atoms with E-state index in [4.69, 9.17) is 0 Å². The second-order valence-electron chi connectivity index (χ2n) is 8.02. The standard InChI is InChI=1S/C22H26F2N2O2S/c23-20-12-11-17(13-21(20)24)25-22-15-26(14-19(22)16-7-3-1-4-8-16)29(27,28)18-9-5-2-6-10-18/h1,3-4,7-8,11-13,18-19,22,25H,2,5-6,9-10,14-15H2/t19-,22+/m0/s1. The van der Waals surface area contributed by atoms with Gasteiger partial charge in [0.05, 0.1) is 5.25 Å². The minimum Gasteiger partial charge on any atom is -0.380 e. The molecule has 2 aliphatic rings. The summed E-state index contributed by atoms with van der Waals surface area (Å²) in [6.07, 6.45) is 4.44. The van der Waals surface area contributed by atoms with E-state index in [2.05, 4.69) is 5.32 Å². The van der Waals surface area contributed by atoms with Gasteiger partial charge in [-0.2, -0.15) is 4.31 Å². The molecule has 0 bridgehead atoms. The Balaban J connectivity index is 1.60. The molecule has 0 amide bonds. The molecule has 7 heteroatoms. The predicted octanol–water partition coefficient (Wildman–Crippen LogP) is 4.51. The SMILES string of the molecule is O=S(=O)(C1CCCCC1)N1C[C@@H](Nc2ccc(F)c(F)c2)[C@H](c2ccccc2)C1. The second-order valence-corrected chi connectivity index (χ2v) is 10.2. The summed E-state index contributed by atoms with van der Waals surface area (Å²) in [6, 6.07) is 13.2. The van der Waals surface area contributed by atoms with Crippen LogP contribution in [0.5, 0.6) is 0 Å². The Hall–Kier alpha value is -1.99. The molecule has 0 unspecified atom stereocenters. The van der Waals surface area contributed by atoms with Crippen molar-refractivity contribution in [2.24, 2.45) is 0 Å². The van der Waals surface area contributed by atoms with E-state index in [1.165, 1.54) is 6.07 Å². The van der Waals surface area contributed by atoms with Crippen LogP contribution in [0, 0.1) is 11.6 Å². The van der Waals surface area contributed by atoms with Crippen LogP contribution in [-0.4, -0.2) is 37.1 Å². The summed E-state index contributed by atoms with van der Waals surface area (Å²) in [6.45, 7) is 0.710. The number of hydrogen-bond donors (Lipinski definition) is 1. The first-order chi connectivity index (χ1) is 13.9. The van der Waals surface area contributed by atoms with Crippen molar-refractivity contribution in [2.75, 3.05) is 18.4 Å². The Morgan fingerprint density at radius 1 is 0.897 bits per heavy atom. The van der Waals surface area contributed by atoms with Crippen LogP contribution in [0.4, 0.5) is 14.5 Å². The quantitative estimate of drug-likeness (QED) is 0.774. The van der Waals surface area contributed by atoms with E-state index in [0.29, 0.717) is 18.8 Å². The molecule has 2 aromatic rings. The fraction of sp³-hybridized carbons (Fsp3) is 0.455. The summed E-state index contributed by atoms with van der Waals surface area (Å²) in [5.74, 6) is -1.89. The molecule has 1 saturated heterocycles. The fourth-order valence-electron chi connectivity index (χ4n) is 4.53. The maximum atomic E-state index is 13.7. The Labute approximate surface area is 171 Å². The lowest BCUT2D eigenvalue weighted by molar-refractivity contribution is 0.425. The van der Waals surface area contributed by atoms with Crippen molar-refractivity contribution in [3.63, 3.8) is 0 Å². The van der Waals surface area contributed by atoms with Crippen molar-refractivity contribution in [3.8, 4) is 0 Å². The molecule has 156 valence electrons. The molecule has 4 rings (SSSR count). The van der Waals surface area contributed by atoms with E-state index in [1.54, 1.807) is 4.31 Å². The van der Waals surface area contributed by atoms with Gasteiger partial charge in [0.15, 0.2) is 11.6 Å². The minimum atomic E-state index is -3.38.